The lowest BCUT2D eigenvalue weighted by Gasteiger charge is -2.28. The zero-order valence-electron chi connectivity index (χ0n) is 10.5. The Balaban J connectivity index is 3.05. The topological polar surface area (TPSA) is 46.5 Å². The first-order valence-electron chi connectivity index (χ1n) is 5.61. The first-order valence-corrected chi connectivity index (χ1v) is 6.36. The molecule has 0 aliphatic carbocycles. The van der Waals surface area contributed by atoms with Gasteiger partial charge in [0.2, 0.25) is 0 Å². The molecule has 0 spiro atoms. The Labute approximate surface area is 117 Å². The van der Waals surface area contributed by atoms with Crippen LogP contribution < -0.4 is 0 Å². The Morgan fingerprint density at radius 1 is 1.44 bits per heavy atom. The molecule has 0 amide bonds. The average molecular weight is 291 g/mol. The number of carbonyl (C=O) groups is 1. The quantitative estimate of drug-likeness (QED) is 0.862. The molecule has 1 aromatic carbocycles. The number of hydrogen-bond donors (Lipinski definition) is 1. The highest BCUT2D eigenvalue weighted by molar-refractivity contribution is 6.35. The number of halogens is 2. The second-order valence-electron chi connectivity index (χ2n) is 4.51. The largest absolute Gasteiger partial charge is 0.465 e. The predicted octanol–water partition coefficient (Wildman–Crippen LogP) is 3.62. The number of benzene rings is 1. The van der Waals surface area contributed by atoms with Crippen LogP contribution in [0, 0.1) is 5.41 Å². The van der Waals surface area contributed by atoms with Gasteiger partial charge in [-0.25, -0.2) is 0 Å². The second kappa shape index (κ2) is 5.91. The minimum Gasteiger partial charge on any atom is -0.465 e. The number of carbonyl (C=O) groups excluding carboxylic acids is 1. The van der Waals surface area contributed by atoms with E-state index in [-0.39, 0.29) is 6.61 Å². The smallest absolute Gasteiger partial charge is 0.314 e. The van der Waals surface area contributed by atoms with Crippen molar-refractivity contribution in [2.75, 3.05) is 6.61 Å². The van der Waals surface area contributed by atoms with Gasteiger partial charge in [-0.05, 0) is 32.9 Å². The zero-order chi connectivity index (χ0) is 13.9. The van der Waals surface area contributed by atoms with Gasteiger partial charge in [-0.2, -0.15) is 0 Å². The molecular formula is C13H16Cl2O3. The maximum absolute atomic E-state index is 11.8. The normalized spacial score (nSPS) is 13.2. The van der Waals surface area contributed by atoms with Gasteiger partial charge >= 0.3 is 5.97 Å². The Morgan fingerprint density at radius 3 is 2.56 bits per heavy atom. The lowest BCUT2D eigenvalue weighted by molar-refractivity contribution is -0.160. The van der Waals surface area contributed by atoms with Crippen molar-refractivity contribution in [2.45, 2.75) is 26.9 Å². The molecule has 0 saturated heterocycles. The fraction of sp³-hybridized carbons (Fsp3) is 0.462. The molecule has 1 aromatic rings. The van der Waals surface area contributed by atoms with Crippen LogP contribution in [0.1, 0.15) is 32.4 Å². The van der Waals surface area contributed by atoms with Crippen LogP contribution in [0.5, 0.6) is 0 Å². The highest BCUT2D eigenvalue weighted by Gasteiger charge is 2.39. The summed E-state index contributed by atoms with van der Waals surface area (Å²) in [5, 5.41) is 11.1. The highest BCUT2D eigenvalue weighted by atomic mass is 35.5. The first-order chi connectivity index (χ1) is 8.30. The highest BCUT2D eigenvalue weighted by Crippen LogP contribution is 2.38. The predicted molar refractivity (Wildman–Crippen MR) is 71.8 cm³/mol. The van der Waals surface area contributed by atoms with Crippen LogP contribution in [-0.4, -0.2) is 17.7 Å². The summed E-state index contributed by atoms with van der Waals surface area (Å²) in [7, 11) is 0. The SMILES string of the molecule is CCOC(=O)C(C)(C)C(O)c1ccc(Cl)cc1Cl. The maximum atomic E-state index is 11.8. The molecule has 1 rings (SSSR count). The molecule has 0 heterocycles. The van der Waals surface area contributed by atoms with Crippen molar-refractivity contribution in [3.05, 3.63) is 33.8 Å². The van der Waals surface area contributed by atoms with E-state index in [4.69, 9.17) is 27.9 Å². The summed E-state index contributed by atoms with van der Waals surface area (Å²) in [5.41, 5.74) is -0.618. The summed E-state index contributed by atoms with van der Waals surface area (Å²) in [6, 6.07) is 4.76. The van der Waals surface area contributed by atoms with Gasteiger partial charge in [0.15, 0.2) is 0 Å². The number of ether oxygens (including phenoxy) is 1. The average Bonchev–Trinajstić information content (AvgIpc) is 2.28. The minimum atomic E-state index is -1.08. The first kappa shape index (κ1) is 15.3. The summed E-state index contributed by atoms with van der Waals surface area (Å²) in [6.45, 7) is 5.21. The minimum absolute atomic E-state index is 0.267. The van der Waals surface area contributed by atoms with Gasteiger partial charge in [0.05, 0.1) is 18.1 Å². The van der Waals surface area contributed by atoms with E-state index in [1.54, 1.807) is 32.9 Å². The van der Waals surface area contributed by atoms with E-state index in [0.29, 0.717) is 15.6 Å². The van der Waals surface area contributed by atoms with Crippen LogP contribution in [0.4, 0.5) is 0 Å². The van der Waals surface area contributed by atoms with Crippen LogP contribution in [0.25, 0.3) is 0 Å². The molecule has 0 bridgehead atoms. The molecule has 1 atom stereocenters. The van der Waals surface area contributed by atoms with Crippen LogP contribution >= 0.6 is 23.2 Å². The van der Waals surface area contributed by atoms with Crippen molar-refractivity contribution in [3.8, 4) is 0 Å². The number of hydrogen-bond acceptors (Lipinski definition) is 3. The van der Waals surface area contributed by atoms with E-state index in [1.165, 1.54) is 6.07 Å². The van der Waals surface area contributed by atoms with Crippen LogP contribution in [-0.2, 0) is 9.53 Å². The van der Waals surface area contributed by atoms with Crippen molar-refractivity contribution >= 4 is 29.2 Å². The third-order valence-corrected chi connectivity index (χ3v) is 3.30. The second-order valence-corrected chi connectivity index (χ2v) is 5.35. The van der Waals surface area contributed by atoms with Gasteiger partial charge in [-0.1, -0.05) is 29.3 Å². The van der Waals surface area contributed by atoms with Gasteiger partial charge in [-0.3, -0.25) is 4.79 Å². The number of esters is 1. The van der Waals surface area contributed by atoms with Crippen molar-refractivity contribution in [2.24, 2.45) is 5.41 Å². The standard InChI is InChI=1S/C13H16Cl2O3/c1-4-18-12(17)13(2,3)11(16)9-6-5-8(14)7-10(9)15/h5-7,11,16H,4H2,1-3H3. The zero-order valence-corrected chi connectivity index (χ0v) is 12.0. The summed E-state index contributed by atoms with van der Waals surface area (Å²) >= 11 is 11.8. The number of aliphatic hydroxyl groups excluding tert-OH is 1. The molecule has 0 aliphatic rings. The van der Waals surface area contributed by atoms with Crippen molar-refractivity contribution in [1.29, 1.82) is 0 Å². The molecule has 0 aliphatic heterocycles. The lowest BCUT2D eigenvalue weighted by Crippen LogP contribution is -2.33. The molecule has 0 aromatic heterocycles. The number of rotatable bonds is 4. The van der Waals surface area contributed by atoms with E-state index < -0.39 is 17.5 Å². The van der Waals surface area contributed by atoms with Crippen molar-refractivity contribution in [3.63, 3.8) is 0 Å². The van der Waals surface area contributed by atoms with Gasteiger partial charge in [0.25, 0.3) is 0 Å². The van der Waals surface area contributed by atoms with E-state index in [0.717, 1.165) is 0 Å². The third-order valence-electron chi connectivity index (χ3n) is 2.74. The Morgan fingerprint density at radius 2 is 2.06 bits per heavy atom. The Kier molecular flexibility index (Phi) is 5.02. The molecule has 1 N–H and O–H groups in total. The van der Waals surface area contributed by atoms with Crippen LogP contribution in [0.15, 0.2) is 18.2 Å². The summed E-state index contributed by atoms with van der Waals surface area (Å²) in [6.07, 6.45) is -1.05. The molecule has 100 valence electrons. The van der Waals surface area contributed by atoms with Crippen LogP contribution in [0.3, 0.4) is 0 Å². The monoisotopic (exact) mass is 290 g/mol. The molecule has 1 unspecified atom stereocenters. The van der Waals surface area contributed by atoms with E-state index in [9.17, 15) is 9.90 Å². The Bertz CT molecular complexity index is 444. The van der Waals surface area contributed by atoms with Gasteiger partial charge in [0, 0.05) is 15.6 Å². The van der Waals surface area contributed by atoms with Gasteiger partial charge in [-0.15, -0.1) is 0 Å². The molecule has 0 fully saturated rings. The lowest BCUT2D eigenvalue weighted by atomic mass is 9.82. The fourth-order valence-corrected chi connectivity index (χ4v) is 2.05. The molecule has 5 heteroatoms. The summed E-state index contributed by atoms with van der Waals surface area (Å²) < 4.78 is 4.94. The van der Waals surface area contributed by atoms with Crippen molar-refractivity contribution in [1.82, 2.24) is 0 Å². The van der Waals surface area contributed by atoms with E-state index >= 15 is 0 Å². The van der Waals surface area contributed by atoms with E-state index in [2.05, 4.69) is 0 Å². The fourth-order valence-electron chi connectivity index (χ4n) is 1.54. The van der Waals surface area contributed by atoms with Crippen LogP contribution in [0.2, 0.25) is 10.0 Å². The number of aliphatic hydroxyl groups is 1. The summed E-state index contributed by atoms with van der Waals surface area (Å²) in [5.74, 6) is -0.469. The van der Waals surface area contributed by atoms with Crippen molar-refractivity contribution < 1.29 is 14.6 Å². The molecule has 0 radical (unpaired) electrons. The molecular weight excluding hydrogens is 275 g/mol. The molecule has 0 saturated carbocycles. The van der Waals surface area contributed by atoms with Gasteiger partial charge in [0.1, 0.15) is 0 Å². The third kappa shape index (κ3) is 3.16. The maximum Gasteiger partial charge on any atom is 0.314 e. The molecule has 3 nitrogen and oxygen atoms in total. The van der Waals surface area contributed by atoms with E-state index in [1.807, 2.05) is 0 Å². The molecule has 18 heavy (non-hydrogen) atoms. The van der Waals surface area contributed by atoms with Gasteiger partial charge < -0.3 is 9.84 Å². The Hall–Kier alpha value is -0.770. The summed E-state index contributed by atoms with van der Waals surface area (Å²) in [4.78, 5) is 11.8.